The Labute approximate surface area is 113 Å². The number of nitrogens with two attached hydrogens (primary N) is 1. The van der Waals surface area contributed by atoms with E-state index in [1.807, 2.05) is 31.2 Å². The fraction of sp³-hybridized carbons (Fsp3) is 0.462. The second-order valence-corrected chi connectivity index (χ2v) is 4.47. The molecule has 1 aliphatic rings. The van der Waals surface area contributed by atoms with Crippen LogP contribution in [0.25, 0.3) is 0 Å². The maximum atomic E-state index is 11.7. The Balaban J connectivity index is 0.00000162. The monoisotopic (exact) mass is 270 g/mol. The molecule has 4 N–H and O–H groups in total. The zero-order chi connectivity index (χ0) is 12.4. The number of nitrogens with one attached hydrogen (secondary N) is 1. The Morgan fingerprint density at radius 1 is 1.56 bits per heavy atom. The van der Waals surface area contributed by atoms with Crippen LogP contribution >= 0.6 is 12.4 Å². The molecule has 1 aliphatic carbocycles. The predicted octanol–water partition coefficient (Wildman–Crippen LogP) is 0.920. The summed E-state index contributed by atoms with van der Waals surface area (Å²) in [4.78, 5) is 11.7. The zero-order valence-electron chi connectivity index (χ0n) is 10.3. The van der Waals surface area contributed by atoms with Crippen molar-refractivity contribution < 1.29 is 9.90 Å². The van der Waals surface area contributed by atoms with Gasteiger partial charge in [0.15, 0.2) is 0 Å². The van der Waals surface area contributed by atoms with Gasteiger partial charge in [-0.3, -0.25) is 4.79 Å². The molecular weight excluding hydrogens is 252 g/mol. The third-order valence-electron chi connectivity index (χ3n) is 3.28. The fourth-order valence-corrected chi connectivity index (χ4v) is 2.19. The number of benzene rings is 1. The first-order valence-electron chi connectivity index (χ1n) is 5.95. The van der Waals surface area contributed by atoms with Crippen molar-refractivity contribution in [3.63, 3.8) is 0 Å². The quantitative estimate of drug-likeness (QED) is 0.765. The average Bonchev–Trinajstić information content (AvgIpc) is 2.65. The van der Waals surface area contributed by atoms with E-state index in [1.165, 1.54) is 0 Å². The molecule has 0 saturated carbocycles. The summed E-state index contributed by atoms with van der Waals surface area (Å²) >= 11 is 0. The van der Waals surface area contributed by atoms with Gasteiger partial charge in [0.05, 0.1) is 18.2 Å². The van der Waals surface area contributed by atoms with Crippen molar-refractivity contribution in [1.29, 1.82) is 0 Å². The van der Waals surface area contributed by atoms with Gasteiger partial charge in [-0.1, -0.05) is 31.2 Å². The first-order valence-corrected chi connectivity index (χ1v) is 5.95. The van der Waals surface area contributed by atoms with Crippen LogP contribution in [0.5, 0.6) is 0 Å². The number of aliphatic hydroxyl groups excluding tert-OH is 1. The third kappa shape index (κ3) is 2.83. The number of carbonyl (C=O) groups excluding carboxylic acids is 1. The molecule has 3 atom stereocenters. The van der Waals surface area contributed by atoms with Gasteiger partial charge in [0, 0.05) is 6.42 Å². The summed E-state index contributed by atoms with van der Waals surface area (Å²) in [6.45, 7) is 1.86. The number of carbonyl (C=O) groups is 1. The van der Waals surface area contributed by atoms with Crippen molar-refractivity contribution in [2.24, 2.45) is 5.73 Å². The van der Waals surface area contributed by atoms with E-state index >= 15 is 0 Å². The molecule has 1 amide bonds. The van der Waals surface area contributed by atoms with Crippen molar-refractivity contribution in [2.45, 2.75) is 38.0 Å². The van der Waals surface area contributed by atoms with Crippen molar-refractivity contribution in [1.82, 2.24) is 5.32 Å². The lowest BCUT2D eigenvalue weighted by Crippen LogP contribution is -2.43. The highest BCUT2D eigenvalue weighted by Gasteiger charge is 2.32. The third-order valence-corrected chi connectivity index (χ3v) is 3.28. The van der Waals surface area contributed by atoms with Gasteiger partial charge >= 0.3 is 0 Å². The van der Waals surface area contributed by atoms with E-state index < -0.39 is 12.1 Å². The molecule has 0 fully saturated rings. The van der Waals surface area contributed by atoms with Crippen molar-refractivity contribution in [3.8, 4) is 0 Å². The van der Waals surface area contributed by atoms with Crippen molar-refractivity contribution in [2.75, 3.05) is 0 Å². The van der Waals surface area contributed by atoms with E-state index in [1.54, 1.807) is 0 Å². The summed E-state index contributed by atoms with van der Waals surface area (Å²) in [6.07, 6.45) is 0.624. The highest BCUT2D eigenvalue weighted by atomic mass is 35.5. The van der Waals surface area contributed by atoms with Gasteiger partial charge < -0.3 is 16.2 Å². The lowest BCUT2D eigenvalue weighted by molar-refractivity contribution is -0.123. The second-order valence-electron chi connectivity index (χ2n) is 4.47. The standard InChI is InChI=1S/C13H18N2O2.ClH/c1-2-10(14)13(17)15-12-9-6-4-3-5-8(9)7-11(12)16;/h3-6,10-12,16H,2,7,14H2,1H3,(H,15,17);1H/t10-,11-,12+;/m0./s1. The van der Waals surface area contributed by atoms with Crippen LogP contribution in [0.1, 0.15) is 30.5 Å². The Morgan fingerprint density at radius 2 is 2.22 bits per heavy atom. The van der Waals surface area contributed by atoms with E-state index in [9.17, 15) is 9.90 Å². The molecule has 2 rings (SSSR count). The normalized spacial score (nSPS) is 22.8. The van der Waals surface area contributed by atoms with E-state index in [-0.39, 0.29) is 24.4 Å². The van der Waals surface area contributed by atoms with Gasteiger partial charge in [0.1, 0.15) is 0 Å². The van der Waals surface area contributed by atoms with Crippen LogP contribution in [-0.2, 0) is 11.2 Å². The Morgan fingerprint density at radius 3 is 2.89 bits per heavy atom. The molecule has 4 nitrogen and oxygen atoms in total. The second kappa shape index (κ2) is 6.18. The summed E-state index contributed by atoms with van der Waals surface area (Å²) in [6, 6.07) is 6.94. The molecule has 100 valence electrons. The van der Waals surface area contributed by atoms with Gasteiger partial charge in [-0.2, -0.15) is 0 Å². The predicted molar refractivity (Wildman–Crippen MR) is 72.6 cm³/mol. The molecule has 1 aromatic rings. The number of amides is 1. The molecule has 0 unspecified atom stereocenters. The van der Waals surface area contributed by atoms with E-state index in [0.29, 0.717) is 12.8 Å². The van der Waals surface area contributed by atoms with E-state index in [2.05, 4.69) is 5.32 Å². The molecule has 0 saturated heterocycles. The molecule has 0 bridgehead atoms. The lowest BCUT2D eigenvalue weighted by atomic mass is 10.1. The van der Waals surface area contributed by atoms with Crippen LogP contribution in [-0.4, -0.2) is 23.2 Å². The maximum absolute atomic E-state index is 11.7. The first kappa shape index (κ1) is 15.0. The largest absolute Gasteiger partial charge is 0.390 e. The SMILES string of the molecule is CC[C@H](N)C(=O)N[C@@H]1c2ccccc2C[C@@H]1O.Cl. The average molecular weight is 271 g/mol. The Bertz CT molecular complexity index is 425. The van der Waals surface area contributed by atoms with Crippen LogP contribution in [0, 0.1) is 0 Å². The summed E-state index contributed by atoms with van der Waals surface area (Å²) in [5, 5.41) is 12.8. The van der Waals surface area contributed by atoms with Crippen molar-refractivity contribution >= 4 is 18.3 Å². The number of rotatable bonds is 3. The number of aliphatic hydroxyl groups is 1. The molecule has 5 heteroatoms. The van der Waals surface area contributed by atoms with E-state index in [0.717, 1.165) is 11.1 Å². The maximum Gasteiger partial charge on any atom is 0.237 e. The number of fused-ring (bicyclic) bond motifs is 1. The van der Waals surface area contributed by atoms with Crippen LogP contribution in [0.15, 0.2) is 24.3 Å². The summed E-state index contributed by atoms with van der Waals surface area (Å²) in [7, 11) is 0. The van der Waals surface area contributed by atoms with Crippen molar-refractivity contribution in [3.05, 3.63) is 35.4 Å². The minimum atomic E-state index is -0.555. The molecule has 18 heavy (non-hydrogen) atoms. The summed E-state index contributed by atoms with van der Waals surface area (Å²) in [5.41, 5.74) is 7.76. The Hall–Kier alpha value is -1.10. The van der Waals surface area contributed by atoms with Crippen LogP contribution in [0.3, 0.4) is 0 Å². The van der Waals surface area contributed by atoms with Gasteiger partial charge in [0.25, 0.3) is 0 Å². The lowest BCUT2D eigenvalue weighted by Gasteiger charge is -2.20. The number of hydrogen-bond acceptors (Lipinski definition) is 3. The Kier molecular flexibility index (Phi) is 5.14. The van der Waals surface area contributed by atoms with Gasteiger partial charge in [-0.15, -0.1) is 12.4 Å². The van der Waals surface area contributed by atoms with Gasteiger partial charge in [-0.25, -0.2) is 0 Å². The molecular formula is C13H19ClN2O2. The van der Waals surface area contributed by atoms with Gasteiger partial charge in [0.2, 0.25) is 5.91 Å². The highest BCUT2D eigenvalue weighted by molar-refractivity contribution is 5.85. The zero-order valence-corrected chi connectivity index (χ0v) is 11.1. The molecule has 0 heterocycles. The highest BCUT2D eigenvalue weighted by Crippen LogP contribution is 2.31. The molecule has 0 aromatic heterocycles. The number of hydrogen-bond donors (Lipinski definition) is 3. The van der Waals surface area contributed by atoms with Gasteiger partial charge in [-0.05, 0) is 17.5 Å². The smallest absolute Gasteiger partial charge is 0.237 e. The van der Waals surface area contributed by atoms with Crippen LogP contribution < -0.4 is 11.1 Å². The van der Waals surface area contributed by atoms with Crippen LogP contribution in [0.2, 0.25) is 0 Å². The first-order chi connectivity index (χ1) is 8.13. The molecule has 0 radical (unpaired) electrons. The number of halogens is 1. The molecule has 1 aromatic carbocycles. The molecule has 0 aliphatic heterocycles. The summed E-state index contributed by atoms with van der Waals surface area (Å²) in [5.74, 6) is -0.201. The minimum Gasteiger partial charge on any atom is -0.390 e. The topological polar surface area (TPSA) is 75.4 Å². The van der Waals surface area contributed by atoms with Crippen LogP contribution in [0.4, 0.5) is 0 Å². The minimum absolute atomic E-state index is 0. The molecule has 0 spiro atoms. The summed E-state index contributed by atoms with van der Waals surface area (Å²) < 4.78 is 0. The fourth-order valence-electron chi connectivity index (χ4n) is 2.19. The van der Waals surface area contributed by atoms with E-state index in [4.69, 9.17) is 5.73 Å².